The number of hydrogen-bond donors (Lipinski definition) is 4. The summed E-state index contributed by atoms with van der Waals surface area (Å²) in [6, 6.07) is 26.5. The summed E-state index contributed by atoms with van der Waals surface area (Å²) in [5, 5.41) is 20.1. The zero-order chi connectivity index (χ0) is 43.4. The van der Waals surface area contributed by atoms with Gasteiger partial charge in [-0.05, 0) is 54.7 Å². The summed E-state index contributed by atoms with van der Waals surface area (Å²) in [5.41, 5.74) is 3.03. The molecule has 0 bridgehead atoms. The molecule has 0 unspecified atom stereocenters. The summed E-state index contributed by atoms with van der Waals surface area (Å²) < 4.78 is 0. The number of nitrogens with zero attached hydrogens (tertiary/aromatic N) is 2. The van der Waals surface area contributed by atoms with Crippen LogP contribution in [0, 0.1) is 17.8 Å². The molecule has 4 fully saturated rings. The van der Waals surface area contributed by atoms with Gasteiger partial charge < -0.3 is 30.9 Å². The van der Waals surface area contributed by atoms with E-state index in [1.165, 1.54) is 73.8 Å². The molecule has 0 spiro atoms. The van der Waals surface area contributed by atoms with Gasteiger partial charge in [-0.3, -0.25) is 24.0 Å². The maximum Gasteiger partial charge on any atom is 0.253 e. The Hall–Kier alpha value is -5.03. The molecule has 8 atom stereocenters. The number of likely N-dealkylation sites (tertiary alicyclic amines) is 2. The molecule has 2 aliphatic heterocycles. The predicted octanol–water partition coefficient (Wildman–Crippen LogP) is 6.97. The van der Waals surface area contributed by atoms with Crippen molar-refractivity contribution in [2.75, 3.05) is 32.7 Å². The van der Waals surface area contributed by atoms with Gasteiger partial charge in [-0.1, -0.05) is 138 Å². The molecule has 62 heavy (non-hydrogen) atoms. The molecule has 2 heterocycles. The van der Waals surface area contributed by atoms with E-state index in [-0.39, 0.29) is 79.6 Å². The van der Waals surface area contributed by atoms with Gasteiger partial charge in [0, 0.05) is 67.8 Å². The number of carbonyl (C=O) groups is 5. The van der Waals surface area contributed by atoms with Crippen LogP contribution < -0.4 is 16.0 Å². The summed E-state index contributed by atoms with van der Waals surface area (Å²) >= 11 is 0. The number of nitrogens with one attached hydrogen (secondary N) is 3. The van der Waals surface area contributed by atoms with E-state index in [2.05, 4.69) is 47.1 Å². The molecular weight excluding hydrogens is 779 g/mol. The van der Waals surface area contributed by atoms with Crippen LogP contribution in [0.25, 0.3) is 0 Å². The molecule has 332 valence electrons. The Bertz CT molecular complexity index is 1880. The highest BCUT2D eigenvalue weighted by molar-refractivity contribution is 5.99. The Balaban J connectivity index is 0.877. The fourth-order valence-electron chi connectivity index (χ4n) is 9.57. The largest absolute Gasteiger partial charge is 0.390 e. The summed E-state index contributed by atoms with van der Waals surface area (Å²) in [6.45, 7) is 3.18. The van der Waals surface area contributed by atoms with E-state index in [0.29, 0.717) is 17.7 Å². The minimum Gasteiger partial charge on any atom is -0.390 e. The molecule has 4 N–H and O–H groups in total. The normalized spacial score (nSPS) is 25.0. The minimum atomic E-state index is -0.958. The molecule has 5 amide bonds. The minimum absolute atomic E-state index is 0.0141. The average Bonchev–Trinajstić information content (AvgIpc) is 4.15. The van der Waals surface area contributed by atoms with E-state index in [9.17, 15) is 29.1 Å². The molecule has 0 radical (unpaired) electrons. The van der Waals surface area contributed by atoms with Gasteiger partial charge in [0.2, 0.25) is 17.7 Å². The topological polar surface area (TPSA) is 148 Å². The Kier molecular flexibility index (Phi) is 15.9. The first-order valence-corrected chi connectivity index (χ1v) is 23.6. The third-order valence-electron chi connectivity index (χ3n) is 13.6. The molecule has 11 nitrogen and oxygen atoms in total. The second kappa shape index (κ2) is 21.9. The van der Waals surface area contributed by atoms with Gasteiger partial charge in [0.05, 0.1) is 23.9 Å². The molecule has 2 saturated carbocycles. The van der Waals surface area contributed by atoms with E-state index in [4.69, 9.17) is 0 Å². The van der Waals surface area contributed by atoms with Crippen molar-refractivity contribution in [3.05, 3.63) is 107 Å². The quantitative estimate of drug-likeness (QED) is 0.0804. The van der Waals surface area contributed by atoms with E-state index in [1.807, 2.05) is 36.4 Å². The summed E-state index contributed by atoms with van der Waals surface area (Å²) in [6.07, 6.45) is 15.6. The summed E-state index contributed by atoms with van der Waals surface area (Å²) in [4.78, 5) is 71.3. The predicted molar refractivity (Wildman–Crippen MR) is 240 cm³/mol. The first-order chi connectivity index (χ1) is 30.2. The summed E-state index contributed by atoms with van der Waals surface area (Å²) in [7, 11) is 0. The van der Waals surface area contributed by atoms with Crippen molar-refractivity contribution in [1.82, 2.24) is 25.8 Å². The van der Waals surface area contributed by atoms with Crippen LogP contribution in [0.5, 0.6) is 0 Å². The van der Waals surface area contributed by atoms with Gasteiger partial charge in [-0.25, -0.2) is 0 Å². The van der Waals surface area contributed by atoms with Crippen molar-refractivity contribution < 1.29 is 29.1 Å². The molecular formula is C51H67N5O6. The van der Waals surface area contributed by atoms with E-state index in [1.54, 1.807) is 29.2 Å². The number of benzene rings is 3. The Morgan fingerprint density at radius 1 is 0.516 bits per heavy atom. The molecule has 4 aliphatic rings. The molecule has 3 aromatic rings. The van der Waals surface area contributed by atoms with Gasteiger partial charge in [0.1, 0.15) is 0 Å². The van der Waals surface area contributed by atoms with Crippen molar-refractivity contribution in [1.29, 1.82) is 0 Å². The second-order valence-electron chi connectivity index (χ2n) is 18.3. The number of unbranched alkanes of at least 4 members (excludes halogenated alkanes) is 11. The van der Waals surface area contributed by atoms with Crippen molar-refractivity contribution in [2.24, 2.45) is 17.8 Å². The lowest BCUT2D eigenvalue weighted by molar-refractivity contribution is -0.133. The molecule has 0 aromatic heterocycles. The van der Waals surface area contributed by atoms with Crippen molar-refractivity contribution >= 4 is 29.5 Å². The zero-order valence-electron chi connectivity index (χ0n) is 36.5. The zero-order valence-corrected chi connectivity index (χ0v) is 36.5. The standard InChI is InChI=1S/C51H67N5O6/c1-2-3-4-5-6-7-8-9-10-11-12-19-28-52-47(58)43-33-56(34-46(43)57)51(62)38-26-24-37(25-27-38)50(61)55-31-41(48(59)53-44-29-39(44)35-20-15-13-16-21-35)42(32-55)49(60)54-45-30-40(45)36-22-17-14-18-23-36/h13-18,20-27,39-46,57H,2-12,19,28-34H2,1H3,(H,52,58)(H,53,59)(H,54,60)/t39-,40-,41-,42-,43-,44+,45+,46-/m1/s1. The van der Waals surface area contributed by atoms with Gasteiger partial charge in [-0.2, -0.15) is 0 Å². The van der Waals surface area contributed by atoms with Gasteiger partial charge >= 0.3 is 0 Å². The Morgan fingerprint density at radius 3 is 1.37 bits per heavy atom. The Labute approximate surface area is 367 Å². The van der Waals surface area contributed by atoms with Crippen molar-refractivity contribution in [2.45, 2.75) is 127 Å². The van der Waals surface area contributed by atoms with Crippen LogP contribution in [0.15, 0.2) is 84.9 Å². The maximum absolute atomic E-state index is 13.9. The lowest BCUT2D eigenvalue weighted by atomic mass is 9.94. The highest BCUT2D eigenvalue weighted by Crippen LogP contribution is 2.42. The van der Waals surface area contributed by atoms with Crippen molar-refractivity contribution in [3.8, 4) is 0 Å². The smallest absolute Gasteiger partial charge is 0.253 e. The first kappa shape index (κ1) is 45.0. The van der Waals surface area contributed by atoms with Gasteiger partial charge in [0.15, 0.2) is 0 Å². The van der Waals surface area contributed by atoms with Crippen LogP contribution in [0.4, 0.5) is 0 Å². The molecule has 2 aliphatic carbocycles. The molecule has 7 rings (SSSR count). The van der Waals surface area contributed by atoms with Crippen LogP contribution in [-0.4, -0.2) is 95.4 Å². The lowest BCUT2D eigenvalue weighted by Crippen LogP contribution is -2.43. The number of β-amino-alcohol motifs (C(OH)–C–C–N with tert-alkyl or cyclic N) is 1. The SMILES string of the molecule is CCCCCCCCCCCCCCNC(=O)[C@@H]1CN(C(=O)c2ccc(C(=O)N3C[C@@H](C(=O)N[C@H]4C[C@@H]4c4ccccc4)[C@H](C(=O)N[C@H]4C[C@@H]4c4ccccc4)C3)cc2)C[C@H]1O. The van der Waals surface area contributed by atoms with Crippen LogP contribution in [0.1, 0.15) is 140 Å². The first-order valence-electron chi connectivity index (χ1n) is 23.6. The third-order valence-corrected chi connectivity index (χ3v) is 13.6. The average molecular weight is 846 g/mol. The van der Waals surface area contributed by atoms with Gasteiger partial charge in [-0.15, -0.1) is 0 Å². The highest BCUT2D eigenvalue weighted by Gasteiger charge is 2.49. The van der Waals surface area contributed by atoms with E-state index in [0.717, 1.165) is 32.1 Å². The molecule has 3 aromatic carbocycles. The van der Waals surface area contributed by atoms with Crippen LogP contribution in [0.3, 0.4) is 0 Å². The number of amides is 5. The highest BCUT2D eigenvalue weighted by atomic mass is 16.3. The number of aliphatic hydroxyl groups excluding tert-OH is 1. The van der Waals surface area contributed by atoms with Crippen LogP contribution >= 0.6 is 0 Å². The number of aliphatic hydroxyl groups is 1. The van der Waals surface area contributed by atoms with Crippen molar-refractivity contribution in [3.63, 3.8) is 0 Å². The van der Waals surface area contributed by atoms with E-state index >= 15 is 0 Å². The number of carbonyl (C=O) groups excluding carboxylic acids is 5. The molecule has 2 saturated heterocycles. The monoisotopic (exact) mass is 846 g/mol. The third kappa shape index (κ3) is 11.9. The number of rotatable bonds is 22. The fraction of sp³-hybridized carbons (Fsp3) is 0.549. The number of hydrogen-bond acceptors (Lipinski definition) is 6. The molecule has 11 heteroatoms. The van der Waals surface area contributed by atoms with Crippen LogP contribution in [0.2, 0.25) is 0 Å². The van der Waals surface area contributed by atoms with Crippen LogP contribution in [-0.2, 0) is 14.4 Å². The summed E-state index contributed by atoms with van der Waals surface area (Å²) in [5.74, 6) is -2.97. The van der Waals surface area contributed by atoms with Gasteiger partial charge in [0.25, 0.3) is 11.8 Å². The second-order valence-corrected chi connectivity index (χ2v) is 18.3. The Morgan fingerprint density at radius 2 is 0.919 bits per heavy atom. The van der Waals surface area contributed by atoms with E-state index < -0.39 is 23.9 Å². The maximum atomic E-state index is 13.9. The lowest BCUT2D eigenvalue weighted by Gasteiger charge is -2.18. The fourth-order valence-corrected chi connectivity index (χ4v) is 9.57.